The molecule has 0 radical (unpaired) electrons. The zero-order valence-electron chi connectivity index (χ0n) is 10.3. The van der Waals surface area contributed by atoms with Gasteiger partial charge in [0.25, 0.3) is 0 Å². The monoisotopic (exact) mass is 346 g/mol. The minimum Gasteiger partial charge on any atom is -0.293 e. The summed E-state index contributed by atoms with van der Waals surface area (Å²) in [4.78, 5) is 11.4. The highest BCUT2D eigenvalue weighted by Gasteiger charge is 2.24. The molecule has 1 N–H and O–H groups in total. The molecule has 1 aromatic rings. The van der Waals surface area contributed by atoms with Crippen molar-refractivity contribution >= 4 is 37.6 Å². The van der Waals surface area contributed by atoms with E-state index in [9.17, 15) is 13.2 Å². The van der Waals surface area contributed by atoms with Gasteiger partial charge in [-0.15, -0.1) is 0 Å². The van der Waals surface area contributed by atoms with E-state index in [1.54, 1.807) is 24.3 Å². The number of hydrogen-bond acceptors (Lipinski definition) is 3. The second kappa shape index (κ2) is 6.02. The zero-order valence-corrected chi connectivity index (χ0v) is 12.7. The van der Waals surface area contributed by atoms with Crippen LogP contribution in [0.25, 0.3) is 0 Å². The molecule has 0 aliphatic carbocycles. The molecule has 0 aromatic heterocycles. The summed E-state index contributed by atoms with van der Waals surface area (Å²) in [6.45, 7) is 1.13. The van der Waals surface area contributed by atoms with Crippen molar-refractivity contribution < 1.29 is 13.2 Å². The summed E-state index contributed by atoms with van der Waals surface area (Å²) in [5.74, 6) is -0.0334. The first-order valence-corrected chi connectivity index (χ1v) is 8.56. The van der Waals surface area contributed by atoms with Crippen LogP contribution in [0.15, 0.2) is 24.3 Å². The van der Waals surface area contributed by atoms with Crippen molar-refractivity contribution in [3.63, 3.8) is 0 Å². The van der Waals surface area contributed by atoms with Gasteiger partial charge in [0.1, 0.15) is 0 Å². The van der Waals surface area contributed by atoms with Crippen LogP contribution >= 0.6 is 15.9 Å². The Morgan fingerprint density at radius 3 is 2.32 bits per heavy atom. The number of rotatable bonds is 5. The second-order valence-corrected chi connectivity index (χ2v) is 6.58. The highest BCUT2D eigenvalue weighted by Crippen LogP contribution is 2.17. The molecule has 2 rings (SSSR count). The van der Waals surface area contributed by atoms with Crippen LogP contribution in [0.2, 0.25) is 0 Å². The van der Waals surface area contributed by atoms with E-state index >= 15 is 0 Å². The number of anilines is 1. The van der Waals surface area contributed by atoms with Gasteiger partial charge in [-0.05, 0) is 37.1 Å². The van der Waals surface area contributed by atoms with Crippen LogP contribution in [0.5, 0.6) is 0 Å². The quantitative estimate of drug-likeness (QED) is 0.655. The highest BCUT2D eigenvalue weighted by atomic mass is 79.9. The lowest BCUT2D eigenvalue weighted by Crippen LogP contribution is -2.33. The largest absolute Gasteiger partial charge is 0.301 e. The van der Waals surface area contributed by atoms with Crippen molar-refractivity contribution in [3.05, 3.63) is 29.8 Å². The number of Topliss-reactive ketones (excluding diaryl/α,β-unsaturated/α-hetero) is 1. The topological polar surface area (TPSA) is 66.5 Å². The third-order valence-corrected chi connectivity index (χ3v) is 5.03. The lowest BCUT2D eigenvalue weighted by Gasteiger charge is -2.16. The van der Waals surface area contributed by atoms with Gasteiger partial charge in [0, 0.05) is 24.3 Å². The molecule has 1 aromatic carbocycles. The van der Waals surface area contributed by atoms with E-state index in [1.165, 1.54) is 4.31 Å². The number of carbonyl (C=O) groups is 1. The fraction of sp³-hybridized carbons (Fsp3) is 0.417. The Kier molecular flexibility index (Phi) is 4.59. The van der Waals surface area contributed by atoms with Crippen molar-refractivity contribution in [1.29, 1.82) is 0 Å². The first kappa shape index (κ1) is 14.5. The van der Waals surface area contributed by atoms with E-state index in [0.717, 1.165) is 12.8 Å². The molecular weight excluding hydrogens is 332 g/mol. The lowest BCUT2D eigenvalue weighted by atomic mass is 10.1. The third kappa shape index (κ3) is 3.55. The van der Waals surface area contributed by atoms with Crippen molar-refractivity contribution in [2.75, 3.05) is 23.1 Å². The fourth-order valence-electron chi connectivity index (χ4n) is 1.94. The van der Waals surface area contributed by atoms with Crippen LogP contribution in [0.1, 0.15) is 23.2 Å². The first-order valence-electron chi connectivity index (χ1n) is 6.00. The Bertz CT molecular complexity index is 551. The summed E-state index contributed by atoms with van der Waals surface area (Å²) in [7, 11) is -3.46. The highest BCUT2D eigenvalue weighted by molar-refractivity contribution is 9.09. The van der Waals surface area contributed by atoms with Crippen LogP contribution < -0.4 is 4.72 Å². The number of nitrogens with zero attached hydrogens (tertiary/aromatic N) is 1. The normalized spacial score (nSPS) is 16.5. The predicted molar refractivity (Wildman–Crippen MR) is 77.9 cm³/mol. The summed E-state index contributed by atoms with van der Waals surface area (Å²) in [5, 5.41) is 0.256. The second-order valence-electron chi connectivity index (χ2n) is 4.35. The van der Waals surface area contributed by atoms with Crippen LogP contribution in [0.3, 0.4) is 0 Å². The fourth-order valence-corrected chi connectivity index (χ4v) is 3.57. The Labute approximate surface area is 121 Å². The Hall–Kier alpha value is -0.920. The Morgan fingerprint density at radius 2 is 1.79 bits per heavy atom. The van der Waals surface area contributed by atoms with E-state index in [1.807, 2.05) is 0 Å². The molecule has 0 saturated carbocycles. The van der Waals surface area contributed by atoms with Gasteiger partial charge in [0.05, 0.1) is 5.33 Å². The average Bonchev–Trinajstić information content (AvgIpc) is 2.93. The van der Waals surface area contributed by atoms with Gasteiger partial charge >= 0.3 is 10.2 Å². The summed E-state index contributed by atoms with van der Waals surface area (Å²) >= 11 is 3.10. The number of carbonyl (C=O) groups excluding carboxylic acids is 1. The third-order valence-electron chi connectivity index (χ3n) is 2.98. The van der Waals surface area contributed by atoms with E-state index in [-0.39, 0.29) is 11.1 Å². The van der Waals surface area contributed by atoms with Gasteiger partial charge in [-0.25, -0.2) is 0 Å². The minimum atomic E-state index is -3.46. The summed E-state index contributed by atoms with van der Waals surface area (Å²) in [6.07, 6.45) is 1.80. The van der Waals surface area contributed by atoms with E-state index < -0.39 is 10.2 Å². The molecule has 0 amide bonds. The molecule has 1 heterocycles. The zero-order chi connectivity index (χ0) is 13.9. The van der Waals surface area contributed by atoms with Crippen molar-refractivity contribution in [2.24, 2.45) is 0 Å². The number of hydrogen-bond donors (Lipinski definition) is 1. The maximum atomic E-state index is 12.0. The molecule has 5 nitrogen and oxygen atoms in total. The van der Waals surface area contributed by atoms with Crippen molar-refractivity contribution in [2.45, 2.75) is 12.8 Å². The van der Waals surface area contributed by atoms with Crippen LogP contribution in [-0.2, 0) is 10.2 Å². The lowest BCUT2D eigenvalue weighted by molar-refractivity contribution is 0.102. The Balaban J connectivity index is 2.09. The molecule has 7 heteroatoms. The molecule has 19 heavy (non-hydrogen) atoms. The van der Waals surface area contributed by atoms with Gasteiger partial charge in [-0.3, -0.25) is 9.52 Å². The molecule has 0 atom stereocenters. The van der Waals surface area contributed by atoms with Gasteiger partial charge in [-0.1, -0.05) is 15.9 Å². The SMILES string of the molecule is O=C(CBr)c1ccc(NS(=O)(=O)N2CCCC2)cc1. The van der Waals surface area contributed by atoms with Gasteiger partial charge in [0.15, 0.2) is 5.78 Å². The van der Waals surface area contributed by atoms with Crippen molar-refractivity contribution in [3.8, 4) is 0 Å². The number of benzene rings is 1. The maximum Gasteiger partial charge on any atom is 0.301 e. The molecule has 1 fully saturated rings. The molecule has 104 valence electrons. The molecule has 1 aliphatic heterocycles. The minimum absolute atomic E-state index is 0.0334. The Morgan fingerprint density at radius 1 is 1.21 bits per heavy atom. The first-order chi connectivity index (χ1) is 9.03. The predicted octanol–water partition coefficient (Wildman–Crippen LogP) is 2.02. The summed E-state index contributed by atoms with van der Waals surface area (Å²) in [5.41, 5.74) is 1.03. The molecule has 0 spiro atoms. The van der Waals surface area contributed by atoms with E-state index in [4.69, 9.17) is 0 Å². The van der Waals surface area contributed by atoms with Crippen LogP contribution in [-0.4, -0.2) is 36.9 Å². The number of alkyl halides is 1. The average molecular weight is 347 g/mol. The van der Waals surface area contributed by atoms with Crippen molar-refractivity contribution in [1.82, 2.24) is 4.31 Å². The van der Waals surface area contributed by atoms with Gasteiger partial charge < -0.3 is 0 Å². The number of nitrogens with one attached hydrogen (secondary N) is 1. The van der Waals surface area contributed by atoms with Gasteiger partial charge in [0.2, 0.25) is 0 Å². The van der Waals surface area contributed by atoms with Crippen LogP contribution in [0.4, 0.5) is 5.69 Å². The molecule has 1 aliphatic rings. The summed E-state index contributed by atoms with van der Waals surface area (Å²) in [6, 6.07) is 6.43. The number of halogens is 1. The van der Waals surface area contributed by atoms with Gasteiger partial charge in [-0.2, -0.15) is 12.7 Å². The molecular formula is C12H15BrN2O3S. The van der Waals surface area contributed by atoms with E-state index in [0.29, 0.717) is 24.3 Å². The number of ketones is 1. The molecule has 0 unspecified atom stereocenters. The molecule has 0 bridgehead atoms. The maximum absolute atomic E-state index is 12.0. The van der Waals surface area contributed by atoms with E-state index in [2.05, 4.69) is 20.7 Å². The smallest absolute Gasteiger partial charge is 0.293 e. The summed E-state index contributed by atoms with van der Waals surface area (Å²) < 4.78 is 28.0. The molecule has 1 saturated heterocycles. The van der Waals surface area contributed by atoms with Crippen LogP contribution in [0, 0.1) is 0 Å². The standard InChI is InChI=1S/C12H15BrN2O3S/c13-9-12(16)10-3-5-11(6-4-10)14-19(17,18)15-7-1-2-8-15/h3-6,14H,1-2,7-9H2.